The number of para-hydroxylation sites is 1. The monoisotopic (exact) mass is 748 g/mol. The number of thiophene rings is 1. The van der Waals surface area contributed by atoms with Crippen LogP contribution in [0.1, 0.15) is 84.6 Å². The Kier molecular flexibility index (Phi) is 7.46. The van der Waals surface area contributed by atoms with E-state index >= 15 is 0 Å². The molecule has 6 aromatic carbocycles. The molecule has 278 valence electrons. The van der Waals surface area contributed by atoms with Gasteiger partial charge in [0.05, 0.1) is 5.69 Å². The highest BCUT2D eigenvalue weighted by molar-refractivity contribution is 7.33. The second kappa shape index (κ2) is 11.9. The van der Waals surface area contributed by atoms with E-state index in [1.165, 1.54) is 76.5 Å². The summed E-state index contributed by atoms with van der Waals surface area (Å²) in [7, 11) is 0. The zero-order valence-corrected chi connectivity index (χ0v) is 35.1. The summed E-state index contributed by atoms with van der Waals surface area (Å²) < 4.78 is 9.36. The fraction of sp³-hybridized carbons (Fsp3) is 0.255. The summed E-state index contributed by atoms with van der Waals surface area (Å²) in [4.78, 5) is 5.11. The SMILES string of the molecule is Cc1cc2c3c(c1)N(c1ccc(C(C)(C)C)cc1)c1c(sc4ccc(C(C)(C)C)cc14)B3c1cc3oc4ccccc4c3cc1N2c1ccc(C(C)(C)C)cc1. The molecule has 2 aliphatic rings. The third kappa shape index (κ3) is 5.30. The van der Waals surface area contributed by atoms with Gasteiger partial charge in [-0.05, 0) is 123 Å². The maximum atomic E-state index is 6.66. The van der Waals surface area contributed by atoms with Gasteiger partial charge >= 0.3 is 0 Å². The van der Waals surface area contributed by atoms with Crippen molar-refractivity contribution in [3.8, 4) is 0 Å². The van der Waals surface area contributed by atoms with Crippen molar-refractivity contribution in [1.82, 2.24) is 0 Å². The van der Waals surface area contributed by atoms with Crippen molar-refractivity contribution in [2.45, 2.75) is 85.5 Å². The predicted octanol–water partition coefficient (Wildman–Crippen LogP) is 13.1. The molecule has 0 aliphatic carbocycles. The molecule has 0 fully saturated rings. The van der Waals surface area contributed by atoms with Gasteiger partial charge < -0.3 is 14.2 Å². The summed E-state index contributed by atoms with van der Waals surface area (Å²) in [5, 5.41) is 3.61. The van der Waals surface area contributed by atoms with Crippen LogP contribution in [0.25, 0.3) is 32.0 Å². The van der Waals surface area contributed by atoms with Crippen LogP contribution in [0.5, 0.6) is 0 Å². The Balaban J connectivity index is 1.32. The van der Waals surface area contributed by atoms with Crippen LogP contribution in [-0.4, -0.2) is 6.71 Å². The molecule has 0 radical (unpaired) electrons. The topological polar surface area (TPSA) is 19.6 Å². The number of hydrogen-bond acceptors (Lipinski definition) is 4. The second-order valence-electron chi connectivity index (χ2n) is 19.2. The fourth-order valence-corrected chi connectivity index (χ4v) is 10.4. The maximum absolute atomic E-state index is 6.66. The molecule has 5 heteroatoms. The summed E-state index contributed by atoms with van der Waals surface area (Å²) in [6.07, 6.45) is 0. The maximum Gasteiger partial charge on any atom is 0.264 e. The van der Waals surface area contributed by atoms with E-state index in [4.69, 9.17) is 4.42 Å². The normalized spacial score (nSPS) is 14.1. The molecule has 0 spiro atoms. The number of rotatable bonds is 2. The molecule has 0 amide bonds. The molecule has 2 aliphatic heterocycles. The van der Waals surface area contributed by atoms with E-state index in [1.54, 1.807) is 0 Å². The molecule has 10 rings (SSSR count). The van der Waals surface area contributed by atoms with Gasteiger partial charge in [0.25, 0.3) is 6.71 Å². The number of fused-ring (bicyclic) bond motifs is 9. The highest BCUT2D eigenvalue weighted by Crippen LogP contribution is 2.50. The van der Waals surface area contributed by atoms with Gasteiger partial charge in [0.2, 0.25) is 0 Å². The van der Waals surface area contributed by atoms with E-state index in [0.29, 0.717) is 0 Å². The summed E-state index contributed by atoms with van der Waals surface area (Å²) >= 11 is 1.95. The van der Waals surface area contributed by atoms with Crippen molar-refractivity contribution in [2.24, 2.45) is 0 Å². The van der Waals surface area contributed by atoms with E-state index in [9.17, 15) is 0 Å². The fourth-order valence-electron chi connectivity index (χ4n) is 9.07. The Morgan fingerprint density at radius 1 is 0.518 bits per heavy atom. The third-order valence-electron chi connectivity index (χ3n) is 12.2. The third-order valence-corrected chi connectivity index (χ3v) is 13.4. The van der Waals surface area contributed by atoms with Gasteiger partial charge in [-0.1, -0.05) is 111 Å². The van der Waals surface area contributed by atoms with Gasteiger partial charge in [0.15, 0.2) is 0 Å². The Labute approximate surface area is 335 Å². The van der Waals surface area contributed by atoms with Gasteiger partial charge in [0, 0.05) is 54.1 Å². The van der Waals surface area contributed by atoms with Crippen LogP contribution in [0, 0.1) is 6.92 Å². The molecule has 0 N–H and O–H groups in total. The van der Waals surface area contributed by atoms with Crippen LogP contribution in [0.4, 0.5) is 34.1 Å². The minimum atomic E-state index is 0.0197. The predicted molar refractivity (Wildman–Crippen MR) is 244 cm³/mol. The Bertz CT molecular complexity index is 2880. The lowest BCUT2D eigenvalue weighted by molar-refractivity contribution is 0.590. The lowest BCUT2D eigenvalue weighted by Gasteiger charge is -2.43. The number of furan rings is 1. The average molecular weight is 749 g/mol. The molecule has 0 unspecified atom stereocenters. The van der Waals surface area contributed by atoms with Crippen LogP contribution in [0.15, 0.2) is 120 Å². The number of hydrogen-bond donors (Lipinski definition) is 0. The molecule has 56 heavy (non-hydrogen) atoms. The molecule has 0 saturated carbocycles. The Hall–Kier alpha value is -5.26. The van der Waals surface area contributed by atoms with Gasteiger partial charge in [-0.2, -0.15) is 0 Å². The Morgan fingerprint density at radius 2 is 1.09 bits per heavy atom. The van der Waals surface area contributed by atoms with E-state index in [-0.39, 0.29) is 23.0 Å². The van der Waals surface area contributed by atoms with Crippen molar-refractivity contribution >= 4 is 99.9 Å². The van der Waals surface area contributed by atoms with Gasteiger partial charge in [-0.25, -0.2) is 0 Å². The van der Waals surface area contributed by atoms with Crippen molar-refractivity contribution in [3.63, 3.8) is 0 Å². The molecule has 3 nitrogen and oxygen atoms in total. The van der Waals surface area contributed by atoms with Crippen molar-refractivity contribution in [3.05, 3.63) is 138 Å². The average Bonchev–Trinajstić information content (AvgIpc) is 3.71. The molecular formula is C51H49BN2OS. The van der Waals surface area contributed by atoms with Crippen LogP contribution in [-0.2, 0) is 16.2 Å². The van der Waals surface area contributed by atoms with Gasteiger partial charge in [-0.3, -0.25) is 0 Å². The van der Waals surface area contributed by atoms with Gasteiger partial charge in [-0.15, -0.1) is 11.3 Å². The lowest BCUT2D eigenvalue weighted by atomic mass is 9.36. The minimum absolute atomic E-state index is 0.0197. The van der Waals surface area contributed by atoms with E-state index < -0.39 is 0 Å². The minimum Gasteiger partial charge on any atom is -0.456 e. The van der Waals surface area contributed by atoms with Gasteiger partial charge in [0.1, 0.15) is 11.2 Å². The van der Waals surface area contributed by atoms with Crippen LogP contribution in [0.2, 0.25) is 0 Å². The van der Waals surface area contributed by atoms with E-state index in [2.05, 4.69) is 194 Å². The van der Waals surface area contributed by atoms with Crippen molar-refractivity contribution < 1.29 is 4.42 Å². The van der Waals surface area contributed by atoms with Crippen LogP contribution >= 0.6 is 11.3 Å². The summed E-state index contributed by atoms with van der Waals surface area (Å²) in [5.74, 6) is 0. The highest BCUT2D eigenvalue weighted by atomic mass is 32.1. The molecule has 0 bridgehead atoms. The zero-order chi connectivity index (χ0) is 39.1. The first kappa shape index (κ1) is 35.2. The smallest absolute Gasteiger partial charge is 0.264 e. The molecule has 4 heterocycles. The first-order valence-electron chi connectivity index (χ1n) is 20.0. The lowest BCUT2D eigenvalue weighted by Crippen LogP contribution is -2.60. The second-order valence-corrected chi connectivity index (χ2v) is 20.3. The first-order chi connectivity index (χ1) is 26.6. The number of aryl methyl sites for hydroxylation is 1. The number of benzene rings is 6. The van der Waals surface area contributed by atoms with Crippen LogP contribution in [0.3, 0.4) is 0 Å². The van der Waals surface area contributed by atoms with Crippen molar-refractivity contribution in [2.75, 3.05) is 9.80 Å². The van der Waals surface area contributed by atoms with E-state index in [1.807, 2.05) is 11.3 Å². The quantitative estimate of drug-likeness (QED) is 0.164. The summed E-state index contributed by atoms with van der Waals surface area (Å²) in [6.45, 7) is 23.0. The van der Waals surface area contributed by atoms with Crippen molar-refractivity contribution in [1.29, 1.82) is 0 Å². The molecule has 0 saturated heterocycles. The first-order valence-corrected chi connectivity index (χ1v) is 20.9. The highest BCUT2D eigenvalue weighted by Gasteiger charge is 2.46. The molecule has 2 aromatic heterocycles. The Morgan fingerprint density at radius 3 is 1.71 bits per heavy atom. The number of nitrogens with zero attached hydrogens (tertiary/aromatic N) is 2. The van der Waals surface area contributed by atoms with E-state index in [0.717, 1.165) is 27.6 Å². The summed E-state index contributed by atoms with van der Waals surface area (Å²) in [6, 6.07) is 43.9. The standard InChI is InChI=1S/C51H49BN2OS/c1-30-25-41-46-42(26-30)54(35-22-17-32(18-23-35)50(5,6)7)47-38-27-33(51(8,9)10)19-24-45(38)56-48(47)52(46)39-29-44-37(36-13-11-12-14-43(36)55-44)28-40(39)53(41)34-20-15-31(16-21-34)49(2,3)4/h11-29H,1-10H3. The number of anilines is 6. The molecule has 0 atom stereocenters. The largest absolute Gasteiger partial charge is 0.456 e. The zero-order valence-electron chi connectivity index (χ0n) is 34.3. The van der Waals surface area contributed by atoms with Crippen LogP contribution < -0.4 is 25.5 Å². The summed E-state index contributed by atoms with van der Waals surface area (Å²) in [5.41, 5.74) is 17.2. The molecule has 8 aromatic rings. The molecular weight excluding hydrogens is 699 g/mol.